The number of aryl methyl sites for hydroxylation is 2. The van der Waals surface area contributed by atoms with E-state index in [4.69, 9.17) is 21.3 Å². The summed E-state index contributed by atoms with van der Waals surface area (Å²) in [5.74, 6) is -0.834. The van der Waals surface area contributed by atoms with Crippen molar-refractivity contribution >= 4 is 28.6 Å². The number of esters is 1. The molecule has 0 aliphatic carbocycles. The molecule has 0 unspecified atom stereocenters. The van der Waals surface area contributed by atoms with Crippen LogP contribution in [0.25, 0.3) is 22.2 Å². The normalized spacial score (nSPS) is 11.2. The maximum Gasteiger partial charge on any atom is 0.310 e. The van der Waals surface area contributed by atoms with E-state index in [0.29, 0.717) is 17.1 Å². The van der Waals surface area contributed by atoms with Gasteiger partial charge in [-0.15, -0.1) is 0 Å². The molecule has 0 aliphatic rings. The summed E-state index contributed by atoms with van der Waals surface area (Å²) in [4.78, 5) is 20.9. The number of hydrogen-bond acceptors (Lipinski definition) is 4. The molecule has 7 heteroatoms. The van der Waals surface area contributed by atoms with Crippen molar-refractivity contribution in [2.24, 2.45) is 0 Å². The summed E-state index contributed by atoms with van der Waals surface area (Å²) in [7, 11) is 1.37. The van der Waals surface area contributed by atoms with E-state index < -0.39 is 5.95 Å². The molecule has 3 heterocycles. The predicted octanol–water partition coefficient (Wildman–Crippen LogP) is 5.58. The van der Waals surface area contributed by atoms with Crippen LogP contribution in [0.4, 0.5) is 4.39 Å². The zero-order valence-corrected chi connectivity index (χ0v) is 19.1. The average Bonchev–Trinajstić information content (AvgIpc) is 3.00. The molecule has 0 saturated heterocycles. The van der Waals surface area contributed by atoms with Gasteiger partial charge in [-0.2, -0.15) is 4.39 Å². The van der Waals surface area contributed by atoms with Gasteiger partial charge < -0.3 is 9.30 Å². The van der Waals surface area contributed by atoms with Crippen LogP contribution in [-0.2, 0) is 22.5 Å². The van der Waals surface area contributed by atoms with Gasteiger partial charge in [0.25, 0.3) is 0 Å². The second kappa shape index (κ2) is 8.71. The highest BCUT2D eigenvalue weighted by Gasteiger charge is 2.23. The first-order valence-electron chi connectivity index (χ1n) is 10.2. The summed E-state index contributed by atoms with van der Waals surface area (Å²) < 4.78 is 21.3. The van der Waals surface area contributed by atoms with Crippen LogP contribution in [0.3, 0.4) is 0 Å². The first-order chi connectivity index (χ1) is 15.3. The number of carbonyl (C=O) groups excluding carboxylic acids is 1. The first kappa shape index (κ1) is 22.0. The molecule has 32 heavy (non-hydrogen) atoms. The predicted molar refractivity (Wildman–Crippen MR) is 123 cm³/mol. The Morgan fingerprint density at radius 1 is 1.16 bits per heavy atom. The second-order valence-corrected chi connectivity index (χ2v) is 8.20. The van der Waals surface area contributed by atoms with Gasteiger partial charge in [-0.25, -0.2) is 9.97 Å². The van der Waals surface area contributed by atoms with Crippen molar-refractivity contribution < 1.29 is 13.9 Å². The lowest BCUT2D eigenvalue weighted by atomic mass is 9.92. The minimum absolute atomic E-state index is 0.101. The van der Waals surface area contributed by atoms with Gasteiger partial charge in [0.15, 0.2) is 0 Å². The molecule has 0 amide bonds. The fourth-order valence-corrected chi connectivity index (χ4v) is 4.21. The minimum atomic E-state index is -0.497. The van der Waals surface area contributed by atoms with Gasteiger partial charge in [-0.1, -0.05) is 29.8 Å². The highest BCUT2D eigenvalue weighted by Crippen LogP contribution is 2.38. The summed E-state index contributed by atoms with van der Waals surface area (Å²) in [6.07, 6.45) is 1.54. The SMILES string of the molecule is COC(=O)Cc1c(C)nc2c(c(C)c(C)n2Cc2cccnc2F)c1-c1ccc(Cl)cc1. The van der Waals surface area contributed by atoms with Crippen molar-refractivity contribution in [1.29, 1.82) is 0 Å². The Hall–Kier alpha value is -3.25. The largest absolute Gasteiger partial charge is 0.469 e. The van der Waals surface area contributed by atoms with Crippen molar-refractivity contribution in [1.82, 2.24) is 14.5 Å². The third kappa shape index (κ3) is 3.86. The van der Waals surface area contributed by atoms with Crippen molar-refractivity contribution in [3.05, 3.63) is 81.6 Å². The lowest BCUT2D eigenvalue weighted by Crippen LogP contribution is -2.10. The first-order valence-corrected chi connectivity index (χ1v) is 10.6. The number of benzene rings is 1. The molecule has 3 aromatic heterocycles. The molecule has 0 aliphatic heterocycles. The summed E-state index contributed by atoms with van der Waals surface area (Å²) in [5, 5.41) is 1.56. The van der Waals surface area contributed by atoms with Crippen LogP contribution in [0.1, 0.15) is 28.1 Å². The maximum atomic E-state index is 14.3. The molecular formula is C25H23ClFN3O2. The van der Waals surface area contributed by atoms with Gasteiger partial charge in [0, 0.05) is 33.6 Å². The number of hydrogen-bond donors (Lipinski definition) is 0. The van der Waals surface area contributed by atoms with Crippen molar-refractivity contribution in [2.75, 3.05) is 7.11 Å². The van der Waals surface area contributed by atoms with Crippen LogP contribution in [-0.4, -0.2) is 27.6 Å². The maximum absolute atomic E-state index is 14.3. The molecule has 164 valence electrons. The van der Waals surface area contributed by atoms with E-state index in [9.17, 15) is 9.18 Å². The Kier molecular flexibility index (Phi) is 5.98. The van der Waals surface area contributed by atoms with Crippen LogP contribution >= 0.6 is 11.6 Å². The Morgan fingerprint density at radius 3 is 2.53 bits per heavy atom. The standard InChI is InChI=1S/C25H23ClFN3O2/c1-14-16(3)30(13-18-6-5-11-28-24(18)27)25-22(14)23(17-7-9-19(26)10-8-17)20(15(2)29-25)12-21(31)32-4/h5-11H,12-13H2,1-4H3. The molecule has 0 atom stereocenters. The van der Waals surface area contributed by atoms with E-state index in [-0.39, 0.29) is 12.4 Å². The third-order valence-electron chi connectivity index (χ3n) is 5.91. The molecule has 0 fully saturated rings. The molecule has 4 rings (SSSR count). The fraction of sp³-hybridized carbons (Fsp3) is 0.240. The van der Waals surface area contributed by atoms with Crippen LogP contribution in [0, 0.1) is 26.7 Å². The van der Waals surface area contributed by atoms with Crippen LogP contribution in [0.2, 0.25) is 5.02 Å². The summed E-state index contributed by atoms with van der Waals surface area (Å²) in [6.45, 7) is 6.20. The smallest absolute Gasteiger partial charge is 0.310 e. The lowest BCUT2D eigenvalue weighted by Gasteiger charge is -2.15. The second-order valence-electron chi connectivity index (χ2n) is 7.76. The zero-order chi connectivity index (χ0) is 23.0. The van der Waals surface area contributed by atoms with Gasteiger partial charge in [0.2, 0.25) is 5.95 Å². The molecule has 0 N–H and O–H groups in total. The number of methoxy groups -OCH3 is 1. The van der Waals surface area contributed by atoms with E-state index in [2.05, 4.69) is 4.98 Å². The highest BCUT2D eigenvalue weighted by atomic mass is 35.5. The van der Waals surface area contributed by atoms with Gasteiger partial charge in [0.1, 0.15) is 5.65 Å². The number of carbonyl (C=O) groups is 1. The number of halogens is 2. The van der Waals surface area contributed by atoms with E-state index >= 15 is 0 Å². The molecule has 0 spiro atoms. The summed E-state index contributed by atoms with van der Waals surface area (Å²) >= 11 is 6.13. The Morgan fingerprint density at radius 2 is 1.88 bits per heavy atom. The third-order valence-corrected chi connectivity index (χ3v) is 6.16. The Balaban J connectivity index is 2.03. The topological polar surface area (TPSA) is 57.0 Å². The molecular weight excluding hydrogens is 429 g/mol. The molecule has 0 saturated carbocycles. The molecule has 0 bridgehead atoms. The quantitative estimate of drug-likeness (QED) is 0.293. The van der Waals surface area contributed by atoms with Gasteiger partial charge in [-0.3, -0.25) is 4.79 Å². The van der Waals surface area contributed by atoms with E-state index in [1.165, 1.54) is 13.3 Å². The minimum Gasteiger partial charge on any atom is -0.469 e. The summed E-state index contributed by atoms with van der Waals surface area (Å²) in [5.41, 5.74) is 6.58. The van der Waals surface area contributed by atoms with Gasteiger partial charge >= 0.3 is 5.97 Å². The van der Waals surface area contributed by atoms with Crippen molar-refractivity contribution in [3.63, 3.8) is 0 Å². The van der Waals surface area contributed by atoms with Crippen LogP contribution < -0.4 is 0 Å². The zero-order valence-electron chi connectivity index (χ0n) is 18.4. The van der Waals surface area contributed by atoms with Crippen LogP contribution in [0.5, 0.6) is 0 Å². The number of aromatic nitrogens is 3. The number of nitrogens with zero attached hydrogens (tertiary/aromatic N) is 3. The lowest BCUT2D eigenvalue weighted by molar-refractivity contribution is -0.139. The number of rotatable bonds is 5. The average molecular weight is 452 g/mol. The van der Waals surface area contributed by atoms with Crippen molar-refractivity contribution in [2.45, 2.75) is 33.7 Å². The molecule has 4 aromatic rings. The highest BCUT2D eigenvalue weighted by molar-refractivity contribution is 6.30. The van der Waals surface area contributed by atoms with Crippen LogP contribution in [0.15, 0.2) is 42.6 Å². The fourth-order valence-electron chi connectivity index (χ4n) is 4.09. The number of fused-ring (bicyclic) bond motifs is 1. The Labute approximate surface area is 190 Å². The van der Waals surface area contributed by atoms with Crippen molar-refractivity contribution in [3.8, 4) is 11.1 Å². The summed E-state index contributed by atoms with van der Waals surface area (Å²) in [6, 6.07) is 11.0. The molecule has 0 radical (unpaired) electrons. The van der Waals surface area contributed by atoms with Gasteiger partial charge in [0.05, 0.1) is 20.1 Å². The van der Waals surface area contributed by atoms with Gasteiger partial charge in [-0.05, 0) is 61.2 Å². The van der Waals surface area contributed by atoms with E-state index in [0.717, 1.165) is 44.7 Å². The molecule has 5 nitrogen and oxygen atoms in total. The number of ether oxygens (including phenoxy) is 1. The molecule has 1 aromatic carbocycles. The number of pyridine rings is 2. The Bertz CT molecular complexity index is 1330. The van der Waals surface area contributed by atoms with E-state index in [1.54, 1.807) is 12.1 Å². The monoisotopic (exact) mass is 451 g/mol. The van der Waals surface area contributed by atoms with E-state index in [1.807, 2.05) is 49.6 Å².